The summed E-state index contributed by atoms with van der Waals surface area (Å²) in [5.41, 5.74) is 6.97. The molecule has 5 aromatic rings. The van der Waals surface area contributed by atoms with E-state index in [1.807, 2.05) is 74.5 Å². The third-order valence-corrected chi connectivity index (χ3v) is 7.35. The maximum Gasteiger partial charge on any atom is 0.263 e. The number of hydrogen-bond acceptors (Lipinski definition) is 7. The second-order valence-corrected chi connectivity index (χ2v) is 10.4. The molecular formula is C31H28N4O4S. The van der Waals surface area contributed by atoms with Crippen LogP contribution in [0.1, 0.15) is 21.6 Å². The fraction of sp³-hybridized carbons (Fsp3) is 0.161. The number of hydrazone groups is 1. The number of amides is 1. The summed E-state index contributed by atoms with van der Waals surface area (Å²) in [6.45, 7) is 4.21. The van der Waals surface area contributed by atoms with Gasteiger partial charge in [0.25, 0.3) is 11.5 Å². The SMILES string of the molecule is COc1cc(/C=N\NC(=O)Cn2cnc3sc(C)c(-c4ccccc4)c3c2=O)ccc1OCc1ccc(C)cc1. The first-order valence-corrected chi connectivity index (χ1v) is 13.5. The van der Waals surface area contributed by atoms with Crippen LogP contribution < -0.4 is 20.5 Å². The number of aryl methyl sites for hydroxylation is 2. The number of hydrogen-bond donors (Lipinski definition) is 1. The fourth-order valence-corrected chi connectivity index (χ4v) is 5.30. The summed E-state index contributed by atoms with van der Waals surface area (Å²) in [5, 5.41) is 4.57. The van der Waals surface area contributed by atoms with Crippen molar-refractivity contribution in [2.75, 3.05) is 7.11 Å². The van der Waals surface area contributed by atoms with Crippen molar-refractivity contribution in [3.05, 3.63) is 111 Å². The van der Waals surface area contributed by atoms with Gasteiger partial charge in [-0.3, -0.25) is 14.2 Å². The maximum absolute atomic E-state index is 13.3. The first-order chi connectivity index (χ1) is 19.4. The highest BCUT2D eigenvalue weighted by atomic mass is 32.1. The van der Waals surface area contributed by atoms with E-state index >= 15 is 0 Å². The number of nitrogens with zero attached hydrogens (tertiary/aromatic N) is 3. The molecule has 0 aliphatic rings. The summed E-state index contributed by atoms with van der Waals surface area (Å²) in [6.07, 6.45) is 2.91. The lowest BCUT2D eigenvalue weighted by atomic mass is 10.0. The smallest absolute Gasteiger partial charge is 0.263 e. The van der Waals surface area contributed by atoms with Gasteiger partial charge in [-0.05, 0) is 48.7 Å². The summed E-state index contributed by atoms with van der Waals surface area (Å²) in [5.74, 6) is 0.705. The average Bonchev–Trinajstić information content (AvgIpc) is 3.31. The van der Waals surface area contributed by atoms with Crippen LogP contribution >= 0.6 is 11.3 Å². The van der Waals surface area contributed by atoms with Gasteiger partial charge in [-0.1, -0.05) is 60.2 Å². The van der Waals surface area contributed by atoms with Gasteiger partial charge in [0.1, 0.15) is 18.0 Å². The molecule has 2 heterocycles. The Morgan fingerprint density at radius 1 is 1.05 bits per heavy atom. The van der Waals surface area contributed by atoms with Crippen LogP contribution in [-0.2, 0) is 17.9 Å². The molecule has 0 radical (unpaired) electrons. The highest BCUT2D eigenvalue weighted by Gasteiger charge is 2.17. The van der Waals surface area contributed by atoms with E-state index < -0.39 is 5.91 Å². The third kappa shape index (κ3) is 5.94. The van der Waals surface area contributed by atoms with E-state index in [-0.39, 0.29) is 12.1 Å². The predicted octanol–water partition coefficient (Wildman–Crippen LogP) is 5.48. The van der Waals surface area contributed by atoms with Crippen LogP contribution in [0, 0.1) is 13.8 Å². The van der Waals surface area contributed by atoms with E-state index in [0.29, 0.717) is 33.9 Å². The topological polar surface area (TPSA) is 94.8 Å². The lowest BCUT2D eigenvalue weighted by Gasteiger charge is -2.11. The predicted molar refractivity (Wildman–Crippen MR) is 158 cm³/mol. The summed E-state index contributed by atoms with van der Waals surface area (Å²) in [4.78, 5) is 32.0. The molecule has 5 rings (SSSR count). The number of rotatable bonds is 9. The molecule has 3 aromatic carbocycles. The quantitative estimate of drug-likeness (QED) is 0.193. The van der Waals surface area contributed by atoms with Crippen molar-refractivity contribution in [3.63, 3.8) is 0 Å². The molecule has 0 saturated carbocycles. The first kappa shape index (κ1) is 26.8. The van der Waals surface area contributed by atoms with Gasteiger partial charge in [0.15, 0.2) is 11.5 Å². The minimum absolute atomic E-state index is 0.211. The number of thiophene rings is 1. The number of aromatic nitrogens is 2. The Hall–Kier alpha value is -4.76. The van der Waals surface area contributed by atoms with Crippen LogP contribution in [0.5, 0.6) is 11.5 Å². The van der Waals surface area contributed by atoms with Gasteiger partial charge in [0, 0.05) is 10.4 Å². The molecule has 0 fully saturated rings. The van der Waals surface area contributed by atoms with Gasteiger partial charge in [0.2, 0.25) is 0 Å². The van der Waals surface area contributed by atoms with Crippen LogP contribution in [0.15, 0.2) is 89.0 Å². The van der Waals surface area contributed by atoms with E-state index in [4.69, 9.17) is 9.47 Å². The average molecular weight is 553 g/mol. The van der Waals surface area contributed by atoms with Crippen molar-refractivity contribution in [1.29, 1.82) is 0 Å². The molecular weight excluding hydrogens is 524 g/mol. The van der Waals surface area contributed by atoms with Crippen LogP contribution in [0.3, 0.4) is 0 Å². The zero-order chi connectivity index (χ0) is 28.1. The number of benzene rings is 3. The van der Waals surface area contributed by atoms with Crippen LogP contribution in [0.2, 0.25) is 0 Å². The summed E-state index contributed by atoms with van der Waals surface area (Å²) in [6, 6.07) is 23.2. The molecule has 0 saturated heterocycles. The lowest BCUT2D eigenvalue weighted by molar-refractivity contribution is -0.121. The zero-order valence-electron chi connectivity index (χ0n) is 22.4. The van der Waals surface area contributed by atoms with E-state index in [1.54, 1.807) is 19.2 Å². The monoisotopic (exact) mass is 552 g/mol. The summed E-state index contributed by atoms with van der Waals surface area (Å²) in [7, 11) is 1.57. The largest absolute Gasteiger partial charge is 0.493 e. The number of nitrogens with one attached hydrogen (secondary N) is 1. The van der Waals surface area contributed by atoms with Crippen molar-refractivity contribution in [2.45, 2.75) is 27.0 Å². The van der Waals surface area contributed by atoms with Gasteiger partial charge in [-0.2, -0.15) is 5.10 Å². The van der Waals surface area contributed by atoms with E-state index in [0.717, 1.165) is 21.6 Å². The molecule has 1 amide bonds. The Bertz CT molecular complexity index is 1740. The Kier molecular flexibility index (Phi) is 8.02. The number of methoxy groups -OCH3 is 1. The maximum atomic E-state index is 13.3. The van der Waals surface area contributed by atoms with Gasteiger partial charge < -0.3 is 9.47 Å². The fourth-order valence-electron chi connectivity index (χ4n) is 4.30. The molecule has 2 aromatic heterocycles. The van der Waals surface area contributed by atoms with Crippen LogP contribution in [0.4, 0.5) is 0 Å². The molecule has 8 nitrogen and oxygen atoms in total. The van der Waals surface area contributed by atoms with E-state index in [2.05, 4.69) is 15.5 Å². The number of carbonyl (C=O) groups is 1. The lowest BCUT2D eigenvalue weighted by Crippen LogP contribution is -2.30. The molecule has 40 heavy (non-hydrogen) atoms. The normalized spacial score (nSPS) is 11.2. The molecule has 0 spiro atoms. The summed E-state index contributed by atoms with van der Waals surface area (Å²) >= 11 is 1.47. The molecule has 0 bridgehead atoms. The van der Waals surface area contributed by atoms with Crippen LogP contribution in [0.25, 0.3) is 21.3 Å². The second-order valence-electron chi connectivity index (χ2n) is 9.23. The Morgan fingerprint density at radius 3 is 2.58 bits per heavy atom. The Morgan fingerprint density at radius 2 is 1.82 bits per heavy atom. The van der Waals surface area contributed by atoms with Gasteiger partial charge in [-0.15, -0.1) is 11.3 Å². The molecule has 0 aliphatic carbocycles. The van der Waals surface area contributed by atoms with Crippen molar-refractivity contribution in [1.82, 2.24) is 15.0 Å². The molecule has 0 unspecified atom stereocenters. The summed E-state index contributed by atoms with van der Waals surface area (Å²) < 4.78 is 12.7. The van der Waals surface area contributed by atoms with Gasteiger partial charge in [-0.25, -0.2) is 10.4 Å². The molecule has 9 heteroatoms. The van der Waals surface area contributed by atoms with E-state index in [1.165, 1.54) is 34.0 Å². The molecule has 1 N–H and O–H groups in total. The highest BCUT2D eigenvalue weighted by Crippen LogP contribution is 2.35. The minimum atomic E-state index is -0.447. The minimum Gasteiger partial charge on any atom is -0.493 e. The van der Waals surface area contributed by atoms with Gasteiger partial charge >= 0.3 is 0 Å². The number of carbonyl (C=O) groups excluding carboxylic acids is 1. The highest BCUT2D eigenvalue weighted by molar-refractivity contribution is 7.19. The zero-order valence-corrected chi connectivity index (χ0v) is 23.2. The van der Waals surface area contributed by atoms with Crippen LogP contribution in [-0.4, -0.2) is 28.8 Å². The van der Waals surface area contributed by atoms with Crippen molar-refractivity contribution in [3.8, 4) is 22.6 Å². The Labute approximate surface area is 235 Å². The van der Waals surface area contributed by atoms with Crippen molar-refractivity contribution < 1.29 is 14.3 Å². The third-order valence-electron chi connectivity index (χ3n) is 6.34. The Balaban J connectivity index is 1.25. The number of fused-ring (bicyclic) bond motifs is 1. The first-order valence-electron chi connectivity index (χ1n) is 12.6. The molecule has 0 atom stereocenters. The standard InChI is InChI=1S/C31H28N4O4S/c1-20-9-11-22(12-10-20)18-39-25-14-13-23(15-26(25)38-3)16-33-34-27(36)17-35-19-32-30-29(31(35)37)28(21(2)40-30)24-7-5-4-6-8-24/h4-16,19H,17-18H2,1-3H3,(H,34,36)/b33-16-. The molecule has 202 valence electrons. The van der Waals surface area contributed by atoms with E-state index in [9.17, 15) is 9.59 Å². The number of ether oxygens (including phenoxy) is 2. The molecule has 0 aliphatic heterocycles. The van der Waals surface area contributed by atoms with Crippen molar-refractivity contribution >= 4 is 33.7 Å². The second kappa shape index (κ2) is 12.0. The van der Waals surface area contributed by atoms with Crippen molar-refractivity contribution in [2.24, 2.45) is 5.10 Å². The van der Waals surface area contributed by atoms with Gasteiger partial charge in [0.05, 0.1) is 25.0 Å².